The fraction of sp³-hybridized carbons (Fsp3) is 0.565. The van der Waals surface area contributed by atoms with Crippen molar-refractivity contribution in [3.05, 3.63) is 47.9 Å². The minimum atomic E-state index is 0.680. The van der Waals surface area contributed by atoms with Crippen molar-refractivity contribution in [2.75, 3.05) is 72.7 Å². The van der Waals surface area contributed by atoms with E-state index in [0.717, 1.165) is 88.5 Å². The first-order valence-corrected chi connectivity index (χ1v) is 11.4. The molecule has 174 valence electrons. The molecule has 2 aliphatic heterocycles. The second-order valence-electron chi connectivity index (χ2n) is 8.06. The fourth-order valence-corrected chi connectivity index (χ4v) is 4.07. The van der Waals surface area contributed by atoms with E-state index in [0.29, 0.717) is 13.2 Å². The second kappa shape index (κ2) is 11.8. The third kappa shape index (κ3) is 6.44. The van der Waals surface area contributed by atoms with E-state index in [-0.39, 0.29) is 0 Å². The van der Waals surface area contributed by atoms with Gasteiger partial charge in [-0.15, -0.1) is 0 Å². The van der Waals surface area contributed by atoms with Crippen LogP contribution in [0.1, 0.15) is 11.3 Å². The SMILES string of the molecule is CN=C(NCc1ccccc1OCCN1CCOCC1)N1CCN(Cc2ccon2)CC1. The maximum atomic E-state index is 6.12. The number of benzene rings is 1. The molecule has 0 unspecified atom stereocenters. The minimum Gasteiger partial charge on any atom is -0.492 e. The van der Waals surface area contributed by atoms with E-state index < -0.39 is 0 Å². The monoisotopic (exact) mass is 442 g/mol. The van der Waals surface area contributed by atoms with Crippen LogP contribution in [0.3, 0.4) is 0 Å². The van der Waals surface area contributed by atoms with Crippen molar-refractivity contribution in [1.29, 1.82) is 0 Å². The normalized spacial score (nSPS) is 18.7. The quantitative estimate of drug-likeness (QED) is 0.484. The lowest BCUT2D eigenvalue weighted by atomic mass is 10.2. The summed E-state index contributed by atoms with van der Waals surface area (Å²) in [5.74, 6) is 1.86. The van der Waals surface area contributed by atoms with E-state index in [4.69, 9.17) is 14.0 Å². The van der Waals surface area contributed by atoms with Gasteiger partial charge in [-0.1, -0.05) is 23.4 Å². The number of nitrogens with zero attached hydrogens (tertiary/aromatic N) is 5. The van der Waals surface area contributed by atoms with Crippen molar-refractivity contribution < 1.29 is 14.0 Å². The molecule has 9 heteroatoms. The smallest absolute Gasteiger partial charge is 0.194 e. The summed E-state index contributed by atoms with van der Waals surface area (Å²) in [6, 6.07) is 10.2. The van der Waals surface area contributed by atoms with Gasteiger partial charge >= 0.3 is 0 Å². The van der Waals surface area contributed by atoms with E-state index >= 15 is 0 Å². The van der Waals surface area contributed by atoms with Crippen molar-refractivity contribution in [2.24, 2.45) is 4.99 Å². The van der Waals surface area contributed by atoms with Crippen molar-refractivity contribution in [1.82, 2.24) is 25.2 Å². The second-order valence-corrected chi connectivity index (χ2v) is 8.06. The zero-order chi connectivity index (χ0) is 22.0. The van der Waals surface area contributed by atoms with Crippen LogP contribution in [0.15, 0.2) is 46.1 Å². The van der Waals surface area contributed by atoms with Crippen LogP contribution >= 0.6 is 0 Å². The Bertz CT molecular complexity index is 830. The lowest BCUT2D eigenvalue weighted by Gasteiger charge is -2.36. The van der Waals surface area contributed by atoms with Gasteiger partial charge in [0.1, 0.15) is 18.6 Å². The highest BCUT2D eigenvalue weighted by molar-refractivity contribution is 5.80. The topological polar surface area (TPSA) is 78.6 Å². The summed E-state index contributed by atoms with van der Waals surface area (Å²) < 4.78 is 16.5. The molecule has 32 heavy (non-hydrogen) atoms. The van der Waals surface area contributed by atoms with Gasteiger partial charge in [-0.25, -0.2) is 0 Å². The summed E-state index contributed by atoms with van der Waals surface area (Å²) in [7, 11) is 1.84. The molecule has 3 heterocycles. The number of piperazine rings is 1. The maximum absolute atomic E-state index is 6.12. The lowest BCUT2D eigenvalue weighted by molar-refractivity contribution is 0.0322. The Balaban J connectivity index is 1.23. The molecular formula is C23H34N6O3. The molecule has 1 aromatic heterocycles. The summed E-state index contributed by atoms with van der Waals surface area (Å²) in [6.07, 6.45) is 1.63. The number of para-hydroxylation sites is 1. The molecule has 9 nitrogen and oxygen atoms in total. The lowest BCUT2D eigenvalue weighted by Crippen LogP contribution is -2.52. The molecule has 0 spiro atoms. The highest BCUT2D eigenvalue weighted by atomic mass is 16.5. The number of aromatic nitrogens is 1. The van der Waals surface area contributed by atoms with E-state index in [1.807, 2.05) is 25.2 Å². The summed E-state index contributed by atoms with van der Waals surface area (Å²) >= 11 is 0. The van der Waals surface area contributed by atoms with Crippen LogP contribution in [0.2, 0.25) is 0 Å². The van der Waals surface area contributed by atoms with E-state index in [1.165, 1.54) is 0 Å². The van der Waals surface area contributed by atoms with Crippen LogP contribution in [0.25, 0.3) is 0 Å². The van der Waals surface area contributed by atoms with Gasteiger partial charge in [0.2, 0.25) is 0 Å². The number of nitrogens with one attached hydrogen (secondary N) is 1. The maximum Gasteiger partial charge on any atom is 0.194 e. The number of aliphatic imine (C=N–C) groups is 1. The molecule has 1 aromatic carbocycles. The molecule has 4 rings (SSSR count). The zero-order valence-corrected chi connectivity index (χ0v) is 18.9. The molecule has 0 atom stereocenters. The highest BCUT2D eigenvalue weighted by Crippen LogP contribution is 2.18. The Morgan fingerprint density at radius 3 is 2.62 bits per heavy atom. The minimum absolute atomic E-state index is 0.680. The summed E-state index contributed by atoms with van der Waals surface area (Å²) in [5, 5.41) is 7.53. The summed E-state index contributed by atoms with van der Waals surface area (Å²) in [6.45, 7) is 10.5. The highest BCUT2D eigenvalue weighted by Gasteiger charge is 2.20. The molecular weight excluding hydrogens is 408 g/mol. The van der Waals surface area contributed by atoms with Crippen LogP contribution in [0.5, 0.6) is 5.75 Å². The largest absolute Gasteiger partial charge is 0.492 e. The molecule has 0 radical (unpaired) electrons. The summed E-state index contributed by atoms with van der Waals surface area (Å²) in [5.41, 5.74) is 2.12. The average Bonchev–Trinajstić information content (AvgIpc) is 3.35. The third-order valence-corrected chi connectivity index (χ3v) is 5.94. The van der Waals surface area contributed by atoms with Crippen LogP contribution in [0, 0.1) is 0 Å². The molecule has 0 saturated carbocycles. The molecule has 2 saturated heterocycles. The molecule has 0 aliphatic carbocycles. The molecule has 2 aromatic rings. The van der Waals surface area contributed by atoms with Crippen LogP contribution in [-0.4, -0.2) is 98.5 Å². The van der Waals surface area contributed by atoms with E-state index in [1.54, 1.807) is 6.26 Å². The van der Waals surface area contributed by atoms with Gasteiger partial charge in [-0.2, -0.15) is 0 Å². The predicted molar refractivity (Wildman–Crippen MR) is 123 cm³/mol. The number of morpholine rings is 1. The van der Waals surface area contributed by atoms with E-state index in [9.17, 15) is 0 Å². The van der Waals surface area contributed by atoms with Crippen LogP contribution in [-0.2, 0) is 17.8 Å². The van der Waals surface area contributed by atoms with Gasteiger partial charge in [0.05, 0.1) is 18.9 Å². The molecule has 1 N–H and O–H groups in total. The molecule has 0 amide bonds. The summed E-state index contributed by atoms with van der Waals surface area (Å²) in [4.78, 5) is 11.6. The first-order valence-electron chi connectivity index (χ1n) is 11.4. The van der Waals surface area contributed by atoms with Crippen molar-refractivity contribution in [3.8, 4) is 5.75 Å². The van der Waals surface area contributed by atoms with Crippen LogP contribution < -0.4 is 10.1 Å². The number of ether oxygens (including phenoxy) is 2. The number of rotatable bonds is 8. The Morgan fingerprint density at radius 2 is 1.88 bits per heavy atom. The third-order valence-electron chi connectivity index (χ3n) is 5.94. The Morgan fingerprint density at radius 1 is 1.06 bits per heavy atom. The van der Waals surface area contributed by atoms with Gasteiger partial charge in [0.25, 0.3) is 0 Å². The Hall–Kier alpha value is -2.62. The average molecular weight is 443 g/mol. The predicted octanol–water partition coefficient (Wildman–Crippen LogP) is 1.28. The number of hydrogen-bond donors (Lipinski definition) is 1. The Labute approximate surface area is 190 Å². The van der Waals surface area contributed by atoms with Crippen LogP contribution in [0.4, 0.5) is 0 Å². The van der Waals surface area contributed by atoms with Gasteiger partial charge in [0, 0.05) is 77.6 Å². The van der Waals surface area contributed by atoms with Crippen molar-refractivity contribution in [3.63, 3.8) is 0 Å². The van der Waals surface area contributed by atoms with Gasteiger partial charge in [0.15, 0.2) is 5.96 Å². The number of guanidine groups is 1. The van der Waals surface area contributed by atoms with Gasteiger partial charge in [-0.3, -0.25) is 14.8 Å². The standard InChI is InChI=1S/C23H34N6O3/c1-24-23(29-9-7-28(8-10-29)19-21-6-14-32-26-21)25-18-20-4-2-3-5-22(20)31-17-13-27-11-15-30-16-12-27/h2-6,14H,7-13,15-19H2,1H3,(H,24,25). The number of hydrogen-bond acceptors (Lipinski definition) is 7. The molecule has 2 fully saturated rings. The molecule has 0 bridgehead atoms. The first kappa shape index (κ1) is 22.6. The zero-order valence-electron chi connectivity index (χ0n) is 18.9. The molecule has 2 aliphatic rings. The fourth-order valence-electron chi connectivity index (χ4n) is 4.07. The van der Waals surface area contributed by atoms with Gasteiger partial charge < -0.3 is 24.2 Å². The Kier molecular flexibility index (Phi) is 8.35. The van der Waals surface area contributed by atoms with Crippen molar-refractivity contribution >= 4 is 5.96 Å². The van der Waals surface area contributed by atoms with Gasteiger partial charge in [-0.05, 0) is 6.07 Å². The first-order chi connectivity index (χ1) is 15.8. The van der Waals surface area contributed by atoms with E-state index in [2.05, 4.69) is 42.3 Å². The van der Waals surface area contributed by atoms with Crippen molar-refractivity contribution in [2.45, 2.75) is 13.1 Å².